The van der Waals surface area contributed by atoms with E-state index in [-0.39, 0.29) is 11.1 Å². The second kappa shape index (κ2) is 3.91. The number of nitrogens with zero attached hydrogens (tertiary/aromatic N) is 1. The smallest absolute Gasteiger partial charge is 0.255 e. The molecule has 7 heteroatoms. The summed E-state index contributed by atoms with van der Waals surface area (Å²) in [5.41, 5.74) is 0. The van der Waals surface area contributed by atoms with Gasteiger partial charge in [-0.05, 0) is 12.8 Å². The molecule has 16 heavy (non-hydrogen) atoms. The van der Waals surface area contributed by atoms with Crippen LogP contribution in [0.1, 0.15) is 12.8 Å². The Kier molecular flexibility index (Phi) is 2.73. The van der Waals surface area contributed by atoms with Crippen molar-refractivity contribution in [3.8, 4) is 11.5 Å². The van der Waals surface area contributed by atoms with Gasteiger partial charge in [-0.3, -0.25) is 0 Å². The summed E-state index contributed by atoms with van der Waals surface area (Å²) in [6.07, 6.45) is 3.37. The topological polar surface area (TPSA) is 91.5 Å². The molecule has 88 valence electrons. The number of pyridine rings is 1. The summed E-state index contributed by atoms with van der Waals surface area (Å²) in [6.45, 7) is 0. The molecule has 0 atom stereocenters. The summed E-state index contributed by atoms with van der Waals surface area (Å²) < 4.78 is 32.7. The molecule has 1 aliphatic rings. The number of nitrogens with two attached hydrogens (primary N) is 1. The Morgan fingerprint density at radius 1 is 1.44 bits per heavy atom. The zero-order valence-electron chi connectivity index (χ0n) is 8.71. The van der Waals surface area contributed by atoms with Crippen LogP contribution in [0.25, 0.3) is 0 Å². The molecule has 2 N–H and O–H groups in total. The van der Waals surface area contributed by atoms with Gasteiger partial charge in [-0.15, -0.1) is 0 Å². The van der Waals surface area contributed by atoms with Crippen LogP contribution in [0, 0.1) is 0 Å². The van der Waals surface area contributed by atoms with Crippen molar-refractivity contribution in [2.45, 2.75) is 24.0 Å². The zero-order chi connectivity index (χ0) is 11.8. The average molecular weight is 244 g/mol. The second-order valence-corrected chi connectivity index (χ2v) is 5.04. The number of hydrogen-bond acceptors (Lipinski definition) is 5. The van der Waals surface area contributed by atoms with Crippen molar-refractivity contribution >= 4 is 10.0 Å². The second-order valence-electron chi connectivity index (χ2n) is 3.54. The molecule has 0 bridgehead atoms. The molecule has 0 aliphatic heterocycles. The first-order valence-corrected chi connectivity index (χ1v) is 6.29. The van der Waals surface area contributed by atoms with Gasteiger partial charge in [0.15, 0.2) is 16.5 Å². The van der Waals surface area contributed by atoms with Crippen LogP contribution in [0.4, 0.5) is 0 Å². The Balaban J connectivity index is 2.37. The van der Waals surface area contributed by atoms with Gasteiger partial charge in [0.1, 0.15) is 0 Å². The molecular formula is C9H12N2O4S. The lowest BCUT2D eigenvalue weighted by molar-refractivity contribution is 0.280. The molecule has 0 amide bonds. The van der Waals surface area contributed by atoms with E-state index in [1.165, 1.54) is 19.4 Å². The number of sulfonamides is 1. The van der Waals surface area contributed by atoms with Gasteiger partial charge < -0.3 is 9.47 Å². The molecule has 1 aliphatic carbocycles. The van der Waals surface area contributed by atoms with Gasteiger partial charge in [0.05, 0.1) is 19.4 Å². The van der Waals surface area contributed by atoms with Gasteiger partial charge in [-0.2, -0.15) is 0 Å². The minimum atomic E-state index is -3.81. The van der Waals surface area contributed by atoms with Gasteiger partial charge in [0.2, 0.25) is 0 Å². The Morgan fingerprint density at radius 2 is 2.12 bits per heavy atom. The molecule has 1 saturated carbocycles. The van der Waals surface area contributed by atoms with Crippen molar-refractivity contribution in [1.82, 2.24) is 4.98 Å². The third-order valence-corrected chi connectivity index (χ3v) is 2.94. The monoisotopic (exact) mass is 244 g/mol. The van der Waals surface area contributed by atoms with Crippen LogP contribution in [-0.2, 0) is 10.0 Å². The maximum Gasteiger partial charge on any atom is 0.255 e. The SMILES string of the molecule is COc1cnc(S(N)(=O)=O)cc1OC1CC1. The standard InChI is InChI=1S/C9H12N2O4S/c1-14-8-5-11-9(16(10,12)13)4-7(8)15-6-2-3-6/h4-6H,2-3H2,1H3,(H2,10,12,13). The molecular weight excluding hydrogens is 232 g/mol. The normalized spacial score (nSPS) is 15.9. The molecule has 0 radical (unpaired) electrons. The first-order chi connectivity index (χ1) is 7.50. The molecule has 2 rings (SSSR count). The zero-order valence-corrected chi connectivity index (χ0v) is 9.53. The first-order valence-electron chi connectivity index (χ1n) is 4.74. The number of methoxy groups -OCH3 is 1. The predicted molar refractivity (Wildman–Crippen MR) is 55.8 cm³/mol. The van der Waals surface area contributed by atoms with Crippen molar-refractivity contribution in [3.05, 3.63) is 12.3 Å². The minimum Gasteiger partial charge on any atom is -0.491 e. The molecule has 1 aromatic heterocycles. The summed E-state index contributed by atoms with van der Waals surface area (Å²) >= 11 is 0. The van der Waals surface area contributed by atoms with Crippen LogP contribution in [0.3, 0.4) is 0 Å². The van der Waals surface area contributed by atoms with Crippen molar-refractivity contribution in [3.63, 3.8) is 0 Å². The molecule has 6 nitrogen and oxygen atoms in total. The fourth-order valence-electron chi connectivity index (χ4n) is 1.17. The van der Waals surface area contributed by atoms with Crippen molar-refractivity contribution in [1.29, 1.82) is 0 Å². The Bertz CT molecular complexity index is 496. The first kappa shape index (κ1) is 11.2. The molecule has 0 unspecified atom stereocenters. The van der Waals surface area contributed by atoms with Crippen LogP contribution in [0.15, 0.2) is 17.3 Å². The summed E-state index contributed by atoms with van der Waals surface area (Å²) in [6, 6.07) is 1.28. The molecule has 1 fully saturated rings. The minimum absolute atomic E-state index is 0.143. The lowest BCUT2D eigenvalue weighted by Crippen LogP contribution is -2.14. The molecule has 0 aromatic carbocycles. The highest BCUT2D eigenvalue weighted by Gasteiger charge is 2.26. The van der Waals surface area contributed by atoms with E-state index in [1.807, 2.05) is 0 Å². The predicted octanol–water partition coefficient (Wildman–Crippen LogP) is 0.279. The van der Waals surface area contributed by atoms with Gasteiger partial charge in [-0.25, -0.2) is 18.5 Å². The number of primary sulfonamides is 1. The maximum atomic E-state index is 11.1. The number of hydrogen-bond donors (Lipinski definition) is 1. The number of ether oxygens (including phenoxy) is 2. The summed E-state index contributed by atoms with van der Waals surface area (Å²) in [5, 5.41) is 4.76. The highest BCUT2D eigenvalue weighted by molar-refractivity contribution is 7.89. The molecule has 0 spiro atoms. The van der Waals surface area contributed by atoms with E-state index in [4.69, 9.17) is 14.6 Å². The summed E-state index contributed by atoms with van der Waals surface area (Å²) in [7, 11) is -2.35. The molecule has 1 aromatic rings. The van der Waals surface area contributed by atoms with Gasteiger partial charge in [0, 0.05) is 6.07 Å². The van der Waals surface area contributed by atoms with Crippen molar-refractivity contribution in [2.24, 2.45) is 5.14 Å². The number of aromatic nitrogens is 1. The fourth-order valence-corrected chi connectivity index (χ4v) is 1.64. The Hall–Kier alpha value is -1.34. The average Bonchev–Trinajstić information content (AvgIpc) is 3.00. The van der Waals surface area contributed by atoms with Crippen molar-refractivity contribution < 1.29 is 17.9 Å². The Labute approximate surface area is 93.4 Å². The Morgan fingerprint density at radius 3 is 2.62 bits per heavy atom. The van der Waals surface area contributed by atoms with Crippen LogP contribution in [0.5, 0.6) is 11.5 Å². The van der Waals surface area contributed by atoms with Crippen LogP contribution < -0.4 is 14.6 Å². The third kappa shape index (κ3) is 2.42. The maximum absolute atomic E-state index is 11.1. The largest absolute Gasteiger partial charge is 0.491 e. The van der Waals surface area contributed by atoms with Crippen LogP contribution in [0.2, 0.25) is 0 Å². The van der Waals surface area contributed by atoms with Gasteiger partial charge >= 0.3 is 0 Å². The van der Waals surface area contributed by atoms with E-state index >= 15 is 0 Å². The molecule has 1 heterocycles. The quantitative estimate of drug-likeness (QED) is 0.821. The fraction of sp³-hybridized carbons (Fsp3) is 0.444. The lowest BCUT2D eigenvalue weighted by atomic mass is 10.4. The third-order valence-electron chi connectivity index (χ3n) is 2.14. The number of rotatable bonds is 4. The van der Waals surface area contributed by atoms with Crippen molar-refractivity contribution in [2.75, 3.05) is 7.11 Å². The van der Waals surface area contributed by atoms with E-state index in [9.17, 15) is 8.42 Å². The van der Waals surface area contributed by atoms with E-state index in [0.29, 0.717) is 11.5 Å². The summed E-state index contributed by atoms with van der Waals surface area (Å²) in [4.78, 5) is 3.69. The van der Waals surface area contributed by atoms with Crippen LogP contribution >= 0.6 is 0 Å². The highest BCUT2D eigenvalue weighted by atomic mass is 32.2. The van der Waals surface area contributed by atoms with E-state index in [2.05, 4.69) is 4.98 Å². The summed E-state index contributed by atoms with van der Waals surface area (Å²) in [5.74, 6) is 0.767. The highest BCUT2D eigenvalue weighted by Crippen LogP contribution is 2.33. The van der Waals surface area contributed by atoms with E-state index in [0.717, 1.165) is 12.8 Å². The van der Waals surface area contributed by atoms with E-state index < -0.39 is 10.0 Å². The molecule has 0 saturated heterocycles. The van der Waals surface area contributed by atoms with E-state index in [1.54, 1.807) is 0 Å². The van der Waals surface area contributed by atoms with Gasteiger partial charge in [0.25, 0.3) is 10.0 Å². The van der Waals surface area contributed by atoms with Crippen LogP contribution in [-0.4, -0.2) is 26.6 Å². The van der Waals surface area contributed by atoms with Gasteiger partial charge in [-0.1, -0.05) is 0 Å². The lowest BCUT2D eigenvalue weighted by Gasteiger charge is -2.10.